The first-order valence-corrected chi connectivity index (χ1v) is 21.0. The number of para-hydroxylation sites is 1. The summed E-state index contributed by atoms with van der Waals surface area (Å²) in [6.07, 6.45) is 3.06. The Bertz CT molecular complexity index is 3060. The fraction of sp³-hybridized carbons (Fsp3) is 0.167. The summed E-state index contributed by atoms with van der Waals surface area (Å²) in [5.41, 5.74) is 13.3. The van der Waals surface area contributed by atoms with Crippen molar-refractivity contribution in [2.24, 2.45) is 0 Å². The molecule has 0 spiro atoms. The minimum Gasteiger partial charge on any atom is -0.338 e. The highest BCUT2D eigenvalue weighted by molar-refractivity contribution is 6.11. The highest BCUT2D eigenvalue weighted by Crippen LogP contribution is 2.38. The van der Waals surface area contributed by atoms with Crippen molar-refractivity contribution in [3.63, 3.8) is 0 Å². The van der Waals surface area contributed by atoms with Crippen LogP contribution in [-0.2, 0) is 12.8 Å². The van der Waals surface area contributed by atoms with Crippen LogP contribution in [0.15, 0.2) is 164 Å². The van der Waals surface area contributed by atoms with Gasteiger partial charge in [0, 0.05) is 72.4 Å². The van der Waals surface area contributed by atoms with Crippen LogP contribution in [0.4, 0.5) is 0 Å². The zero-order chi connectivity index (χ0) is 40.0. The van der Waals surface area contributed by atoms with Gasteiger partial charge in [0.15, 0.2) is 17.5 Å². The molecule has 5 nitrogen and oxygen atoms in total. The Morgan fingerprint density at radius 1 is 0.356 bits per heavy atom. The van der Waals surface area contributed by atoms with E-state index in [0.717, 1.165) is 36.0 Å². The molecule has 10 aromatic rings. The summed E-state index contributed by atoms with van der Waals surface area (Å²) in [6.45, 7) is 9.11. The highest BCUT2D eigenvalue weighted by Gasteiger charge is 2.17. The SMILES string of the molecule is CC(C)n1c2ccccc2c2cc(-c3ccc4c(c3)c3cc(CCCc5ccc(-c6nc(-c7ccccc7)nc(-c7ccccc7)n6)cc5)ccc3n4C(C)C)ccc21. The summed E-state index contributed by atoms with van der Waals surface area (Å²) in [6, 6.07) is 59.7. The maximum atomic E-state index is 4.92. The molecule has 0 aliphatic heterocycles. The van der Waals surface area contributed by atoms with Gasteiger partial charge < -0.3 is 9.13 Å². The molecule has 0 amide bonds. The van der Waals surface area contributed by atoms with E-state index in [1.807, 2.05) is 60.7 Å². The summed E-state index contributed by atoms with van der Waals surface area (Å²) in [5.74, 6) is 2.03. The van der Waals surface area contributed by atoms with Crippen molar-refractivity contribution in [3.05, 3.63) is 175 Å². The molecule has 5 heteroatoms. The fourth-order valence-electron chi connectivity index (χ4n) is 8.99. The molecule has 0 fully saturated rings. The van der Waals surface area contributed by atoms with Gasteiger partial charge in [-0.3, -0.25) is 0 Å². The van der Waals surface area contributed by atoms with Gasteiger partial charge in [0.05, 0.1) is 0 Å². The van der Waals surface area contributed by atoms with Gasteiger partial charge in [-0.2, -0.15) is 0 Å². The zero-order valence-electron chi connectivity index (χ0n) is 34.1. The Morgan fingerprint density at radius 3 is 1.29 bits per heavy atom. The number of aromatic nitrogens is 5. The van der Waals surface area contributed by atoms with E-state index in [1.165, 1.54) is 65.9 Å². The number of aryl methyl sites for hydroxylation is 2. The van der Waals surface area contributed by atoms with Crippen LogP contribution in [0.2, 0.25) is 0 Å². The molecule has 0 saturated carbocycles. The van der Waals surface area contributed by atoms with Crippen LogP contribution >= 0.6 is 0 Å². The van der Waals surface area contributed by atoms with Crippen LogP contribution in [-0.4, -0.2) is 24.1 Å². The van der Waals surface area contributed by atoms with Crippen molar-refractivity contribution in [2.45, 2.75) is 59.0 Å². The number of fused-ring (bicyclic) bond motifs is 6. The molecule has 0 radical (unpaired) electrons. The summed E-state index contributed by atoms with van der Waals surface area (Å²) in [5, 5.41) is 5.27. The second kappa shape index (κ2) is 15.1. The molecule has 0 N–H and O–H groups in total. The molecule has 3 heterocycles. The lowest BCUT2D eigenvalue weighted by atomic mass is 9.99. The number of hydrogen-bond donors (Lipinski definition) is 0. The van der Waals surface area contributed by atoms with Crippen molar-refractivity contribution in [1.29, 1.82) is 0 Å². The van der Waals surface area contributed by atoms with Crippen LogP contribution in [0, 0.1) is 0 Å². The Hall–Kier alpha value is -6.85. The van der Waals surface area contributed by atoms with Gasteiger partial charge in [0.2, 0.25) is 0 Å². The molecule has 0 atom stereocenters. The summed E-state index contributed by atoms with van der Waals surface area (Å²) >= 11 is 0. The van der Waals surface area contributed by atoms with Crippen LogP contribution in [0.3, 0.4) is 0 Å². The summed E-state index contributed by atoms with van der Waals surface area (Å²) < 4.78 is 4.96. The van der Waals surface area contributed by atoms with E-state index in [0.29, 0.717) is 29.6 Å². The van der Waals surface area contributed by atoms with Crippen LogP contribution in [0.25, 0.3) is 88.9 Å². The first kappa shape index (κ1) is 36.5. The molecule has 0 aliphatic rings. The fourth-order valence-corrected chi connectivity index (χ4v) is 8.99. The molecule has 0 saturated heterocycles. The summed E-state index contributed by atoms with van der Waals surface area (Å²) in [4.78, 5) is 14.7. The number of nitrogens with zero attached hydrogens (tertiary/aromatic N) is 5. The lowest BCUT2D eigenvalue weighted by molar-refractivity contribution is 0.642. The summed E-state index contributed by atoms with van der Waals surface area (Å²) in [7, 11) is 0. The first-order valence-electron chi connectivity index (χ1n) is 21.0. The molecule has 0 unspecified atom stereocenters. The zero-order valence-corrected chi connectivity index (χ0v) is 34.1. The lowest BCUT2D eigenvalue weighted by Crippen LogP contribution is -2.00. The predicted octanol–water partition coefficient (Wildman–Crippen LogP) is 14.1. The van der Waals surface area contributed by atoms with Gasteiger partial charge in [-0.15, -0.1) is 0 Å². The second-order valence-electron chi connectivity index (χ2n) is 16.3. The molecule has 0 bridgehead atoms. The molecule has 288 valence electrons. The third-order valence-corrected chi connectivity index (χ3v) is 11.8. The van der Waals surface area contributed by atoms with E-state index in [4.69, 9.17) is 15.0 Å². The molecule has 10 rings (SSSR count). The van der Waals surface area contributed by atoms with Gasteiger partial charge in [-0.1, -0.05) is 121 Å². The Kier molecular flexibility index (Phi) is 9.37. The minimum atomic E-state index is 0.348. The van der Waals surface area contributed by atoms with Gasteiger partial charge in [-0.05, 0) is 112 Å². The first-order chi connectivity index (χ1) is 28.9. The van der Waals surface area contributed by atoms with Crippen molar-refractivity contribution in [1.82, 2.24) is 24.1 Å². The third kappa shape index (κ3) is 6.76. The van der Waals surface area contributed by atoms with E-state index >= 15 is 0 Å². The maximum Gasteiger partial charge on any atom is 0.164 e. The lowest BCUT2D eigenvalue weighted by Gasteiger charge is -2.12. The number of benzene rings is 7. The Balaban J connectivity index is 0.916. The number of rotatable bonds is 10. The van der Waals surface area contributed by atoms with E-state index < -0.39 is 0 Å². The van der Waals surface area contributed by atoms with Crippen molar-refractivity contribution in [2.75, 3.05) is 0 Å². The molecule has 7 aromatic carbocycles. The van der Waals surface area contributed by atoms with Crippen LogP contribution < -0.4 is 0 Å². The second-order valence-corrected chi connectivity index (χ2v) is 16.3. The van der Waals surface area contributed by atoms with E-state index in [2.05, 4.69) is 140 Å². The molecule has 59 heavy (non-hydrogen) atoms. The maximum absolute atomic E-state index is 4.92. The smallest absolute Gasteiger partial charge is 0.164 e. The van der Waals surface area contributed by atoms with Crippen LogP contribution in [0.5, 0.6) is 0 Å². The Labute approximate surface area is 345 Å². The van der Waals surface area contributed by atoms with Crippen LogP contribution in [0.1, 0.15) is 57.3 Å². The highest BCUT2D eigenvalue weighted by atomic mass is 15.0. The van der Waals surface area contributed by atoms with Gasteiger partial charge in [0.25, 0.3) is 0 Å². The monoisotopic (exact) mass is 765 g/mol. The van der Waals surface area contributed by atoms with Gasteiger partial charge in [-0.25, -0.2) is 15.0 Å². The van der Waals surface area contributed by atoms with Crippen molar-refractivity contribution in [3.8, 4) is 45.3 Å². The minimum absolute atomic E-state index is 0.348. The van der Waals surface area contributed by atoms with Crippen molar-refractivity contribution < 1.29 is 0 Å². The number of hydrogen-bond acceptors (Lipinski definition) is 3. The van der Waals surface area contributed by atoms with E-state index in [1.54, 1.807) is 0 Å². The van der Waals surface area contributed by atoms with E-state index in [-0.39, 0.29) is 0 Å². The Morgan fingerprint density at radius 2 is 0.746 bits per heavy atom. The predicted molar refractivity (Wildman–Crippen MR) is 247 cm³/mol. The van der Waals surface area contributed by atoms with Gasteiger partial charge >= 0.3 is 0 Å². The average Bonchev–Trinajstić information content (AvgIpc) is 3.79. The largest absolute Gasteiger partial charge is 0.338 e. The van der Waals surface area contributed by atoms with Crippen molar-refractivity contribution >= 4 is 43.6 Å². The average molecular weight is 766 g/mol. The molecular weight excluding hydrogens is 719 g/mol. The topological polar surface area (TPSA) is 48.5 Å². The quantitative estimate of drug-likeness (QED) is 0.139. The van der Waals surface area contributed by atoms with Gasteiger partial charge in [0.1, 0.15) is 0 Å². The standard InChI is InChI=1S/C54H47N5/c1-35(2)58-48-21-12-11-20-44(48)46-33-42(27-30-50(46)58)43-28-31-51-47(34-43)45-32-38(24-29-49(45)59(51)36(3)4)15-13-14-37-22-25-41(26-23-37)54-56-52(39-16-7-5-8-17-39)55-53(57-54)40-18-9-6-10-19-40/h5-12,16-36H,13-15H2,1-4H3. The third-order valence-electron chi connectivity index (χ3n) is 11.8. The van der Waals surface area contributed by atoms with E-state index in [9.17, 15) is 0 Å². The normalized spacial score (nSPS) is 11.9. The molecular formula is C54H47N5. The molecule has 3 aromatic heterocycles. The molecule has 0 aliphatic carbocycles.